The van der Waals surface area contributed by atoms with Gasteiger partial charge in [-0.15, -0.1) is 11.8 Å². The summed E-state index contributed by atoms with van der Waals surface area (Å²) in [7, 11) is 0. The number of hydrogen-bond acceptors (Lipinski definition) is 5. The fraction of sp³-hybridized carbons (Fsp3) is 0.800. The maximum absolute atomic E-state index is 10.1. The molecule has 0 aliphatic carbocycles. The molecule has 3 nitrogen and oxygen atoms in total. The molecule has 0 aliphatic heterocycles. The molecular formula is C5H10O3S3. The van der Waals surface area contributed by atoms with Gasteiger partial charge in [-0.25, -0.2) is 0 Å². The van der Waals surface area contributed by atoms with E-state index in [9.17, 15) is 4.79 Å². The van der Waals surface area contributed by atoms with Gasteiger partial charge >= 0.3 is 5.97 Å². The topological polar surface area (TPSA) is 57.5 Å². The number of aliphatic carboxylic acids is 1. The molecule has 0 radical (unpaired) electrons. The van der Waals surface area contributed by atoms with Crippen molar-refractivity contribution in [2.45, 2.75) is 9.83 Å². The van der Waals surface area contributed by atoms with Gasteiger partial charge in [-0.1, -0.05) is 0 Å². The maximum Gasteiger partial charge on any atom is 0.313 e. The molecule has 0 rings (SSSR count). The van der Waals surface area contributed by atoms with Crippen molar-refractivity contribution >= 4 is 43.0 Å². The largest absolute Gasteiger partial charge is 0.481 e. The zero-order valence-electron chi connectivity index (χ0n) is 5.67. The number of thiol groups is 2. The van der Waals surface area contributed by atoms with Crippen LogP contribution in [-0.4, -0.2) is 38.4 Å². The minimum absolute atomic E-state index is 0.00870. The van der Waals surface area contributed by atoms with Crippen molar-refractivity contribution in [2.75, 3.05) is 12.4 Å². The summed E-state index contributed by atoms with van der Waals surface area (Å²) in [6, 6.07) is 0. The predicted octanol–water partition coefficient (Wildman–Crippen LogP) is 0.351. The van der Waals surface area contributed by atoms with Crippen molar-refractivity contribution in [3.63, 3.8) is 0 Å². The summed E-state index contributed by atoms with van der Waals surface area (Å²) in [5.41, 5.74) is 0. The molecule has 0 fully saturated rings. The second kappa shape index (κ2) is 6.05. The van der Waals surface area contributed by atoms with Crippen LogP contribution in [0.5, 0.6) is 0 Å². The first-order valence-electron chi connectivity index (χ1n) is 2.88. The molecule has 0 amide bonds. The smallest absolute Gasteiger partial charge is 0.313 e. The number of aliphatic hydroxyl groups excluding tert-OH is 1. The second-order valence-electron chi connectivity index (χ2n) is 1.85. The van der Waals surface area contributed by atoms with Crippen LogP contribution in [0.4, 0.5) is 0 Å². The van der Waals surface area contributed by atoms with Crippen molar-refractivity contribution in [1.82, 2.24) is 0 Å². The summed E-state index contributed by atoms with van der Waals surface area (Å²) in [5, 5.41) is 16.6. The van der Waals surface area contributed by atoms with Crippen molar-refractivity contribution in [3.05, 3.63) is 0 Å². The lowest BCUT2D eigenvalue weighted by Gasteiger charge is -2.13. The Bertz CT molecular complexity index is 130. The van der Waals surface area contributed by atoms with Gasteiger partial charge in [0.2, 0.25) is 0 Å². The van der Waals surface area contributed by atoms with E-state index in [-0.39, 0.29) is 22.2 Å². The Balaban J connectivity index is 3.51. The molecule has 2 unspecified atom stereocenters. The van der Waals surface area contributed by atoms with Crippen LogP contribution in [0.1, 0.15) is 0 Å². The van der Waals surface area contributed by atoms with Crippen LogP contribution >= 0.6 is 37.0 Å². The Kier molecular flexibility index (Phi) is 6.31. The third-order valence-electron chi connectivity index (χ3n) is 0.894. The molecule has 2 N–H and O–H groups in total. The highest BCUT2D eigenvalue weighted by Crippen LogP contribution is 2.21. The van der Waals surface area contributed by atoms with Crippen molar-refractivity contribution in [1.29, 1.82) is 0 Å². The second-order valence-corrected chi connectivity index (χ2v) is 4.54. The molecule has 0 aromatic heterocycles. The Labute approximate surface area is 80.4 Å². The molecule has 0 spiro atoms. The lowest BCUT2D eigenvalue weighted by Crippen LogP contribution is -2.17. The number of thioether (sulfide) groups is 1. The van der Waals surface area contributed by atoms with E-state index in [1.807, 2.05) is 0 Å². The first-order chi connectivity index (χ1) is 5.07. The summed E-state index contributed by atoms with van der Waals surface area (Å²) in [6.45, 7) is -0.0934. The predicted molar refractivity (Wildman–Crippen MR) is 52.7 cm³/mol. The fourth-order valence-corrected chi connectivity index (χ4v) is 1.56. The highest BCUT2D eigenvalue weighted by atomic mass is 32.2. The first-order valence-corrected chi connectivity index (χ1v) is 4.96. The van der Waals surface area contributed by atoms with Gasteiger partial charge in [0.25, 0.3) is 0 Å². The van der Waals surface area contributed by atoms with Gasteiger partial charge in [-0.3, -0.25) is 4.79 Å². The van der Waals surface area contributed by atoms with Crippen LogP contribution in [-0.2, 0) is 4.79 Å². The molecule has 0 saturated carbocycles. The van der Waals surface area contributed by atoms with Crippen LogP contribution in [0.2, 0.25) is 0 Å². The summed E-state index contributed by atoms with van der Waals surface area (Å²) in [5.74, 6) is -0.891. The van der Waals surface area contributed by atoms with Gasteiger partial charge in [-0.05, 0) is 0 Å². The molecule has 0 aromatic carbocycles. The van der Waals surface area contributed by atoms with Crippen LogP contribution < -0.4 is 0 Å². The van der Waals surface area contributed by atoms with E-state index in [1.165, 1.54) is 0 Å². The molecule has 0 aromatic rings. The minimum Gasteiger partial charge on any atom is -0.481 e. The molecule has 0 heterocycles. The number of carboxylic acid groups (broad SMARTS) is 1. The SMILES string of the molecule is O=C(O)CSC(S)C(S)CO. The lowest BCUT2D eigenvalue weighted by atomic mass is 10.5. The highest BCUT2D eigenvalue weighted by molar-refractivity contribution is 8.11. The molecule has 0 saturated heterocycles. The van der Waals surface area contributed by atoms with Crippen molar-refractivity contribution in [2.24, 2.45) is 0 Å². The normalized spacial score (nSPS) is 15.9. The molecule has 11 heavy (non-hydrogen) atoms. The summed E-state index contributed by atoms with van der Waals surface area (Å²) in [4.78, 5) is 10.1. The Hall–Kier alpha value is 0.480. The average Bonchev–Trinajstić information content (AvgIpc) is 1.98. The standard InChI is InChI=1S/C5H10O3S3/c6-1-3(9)5(10)11-2-4(7)8/h3,5-6,9-10H,1-2H2,(H,7,8). The quantitative estimate of drug-likeness (QED) is 0.394. The third kappa shape index (κ3) is 5.72. The van der Waals surface area contributed by atoms with Gasteiger partial charge in [0.1, 0.15) is 0 Å². The number of aliphatic hydroxyl groups is 1. The lowest BCUT2D eigenvalue weighted by molar-refractivity contribution is -0.133. The summed E-state index contributed by atoms with van der Waals surface area (Å²) in [6.07, 6.45) is 0. The van der Waals surface area contributed by atoms with Gasteiger partial charge in [0.15, 0.2) is 0 Å². The molecule has 2 atom stereocenters. The van der Waals surface area contributed by atoms with E-state index in [0.29, 0.717) is 0 Å². The van der Waals surface area contributed by atoms with E-state index in [1.54, 1.807) is 0 Å². The van der Waals surface area contributed by atoms with E-state index in [0.717, 1.165) is 11.8 Å². The van der Waals surface area contributed by atoms with Crippen LogP contribution in [0, 0.1) is 0 Å². The molecule has 66 valence electrons. The molecule has 0 aliphatic rings. The van der Waals surface area contributed by atoms with E-state index >= 15 is 0 Å². The Morgan fingerprint density at radius 3 is 2.45 bits per heavy atom. The summed E-state index contributed by atoms with van der Waals surface area (Å²) >= 11 is 9.18. The third-order valence-corrected chi connectivity index (χ3v) is 3.68. The van der Waals surface area contributed by atoms with Gasteiger partial charge in [0.05, 0.1) is 16.9 Å². The van der Waals surface area contributed by atoms with E-state index < -0.39 is 5.97 Å². The summed E-state index contributed by atoms with van der Waals surface area (Å²) < 4.78 is -0.237. The number of hydrogen-bond donors (Lipinski definition) is 4. The highest BCUT2D eigenvalue weighted by Gasteiger charge is 2.14. The van der Waals surface area contributed by atoms with Crippen molar-refractivity contribution < 1.29 is 15.0 Å². The number of rotatable bonds is 5. The maximum atomic E-state index is 10.1. The number of carboxylic acids is 1. The average molecular weight is 214 g/mol. The van der Waals surface area contributed by atoms with E-state index in [4.69, 9.17) is 10.2 Å². The first kappa shape index (κ1) is 11.5. The monoisotopic (exact) mass is 214 g/mol. The Morgan fingerprint density at radius 1 is 1.55 bits per heavy atom. The minimum atomic E-state index is -0.882. The number of carbonyl (C=O) groups is 1. The van der Waals surface area contributed by atoms with Gasteiger partial charge in [-0.2, -0.15) is 25.3 Å². The zero-order chi connectivity index (χ0) is 8.85. The molecular weight excluding hydrogens is 204 g/mol. The van der Waals surface area contributed by atoms with Crippen LogP contribution in [0.25, 0.3) is 0 Å². The van der Waals surface area contributed by atoms with Crippen LogP contribution in [0.15, 0.2) is 0 Å². The molecule has 6 heteroatoms. The molecule has 0 bridgehead atoms. The van der Waals surface area contributed by atoms with Crippen molar-refractivity contribution in [3.8, 4) is 0 Å². The zero-order valence-corrected chi connectivity index (χ0v) is 8.28. The van der Waals surface area contributed by atoms with Gasteiger partial charge < -0.3 is 10.2 Å². The van der Waals surface area contributed by atoms with E-state index in [2.05, 4.69) is 25.3 Å². The van der Waals surface area contributed by atoms with Gasteiger partial charge in [0, 0.05) is 5.25 Å². The Morgan fingerprint density at radius 2 is 2.09 bits per heavy atom. The fourth-order valence-electron chi connectivity index (χ4n) is 0.358. The van der Waals surface area contributed by atoms with Crippen LogP contribution in [0.3, 0.4) is 0 Å².